The molecule has 2 rings (SSSR count). The Labute approximate surface area is 96.1 Å². The van der Waals surface area contributed by atoms with E-state index in [1.807, 2.05) is 0 Å². The molecule has 1 heterocycles. The maximum Gasteiger partial charge on any atom is 0.396 e. The number of ether oxygens (including phenoxy) is 1. The minimum atomic E-state index is -0.978. The third-order valence-electron chi connectivity index (χ3n) is 2.33. The van der Waals surface area contributed by atoms with Crippen molar-refractivity contribution in [3.05, 3.63) is 27.4 Å². The standard InChI is InChI=1S/C11H12O4S/c1-11(2,13)6-4-7(14-3)9-8(5-6)16-10(12)15-9/h4-5,13H,1-3H3. The van der Waals surface area contributed by atoms with Crippen molar-refractivity contribution in [2.24, 2.45) is 0 Å². The van der Waals surface area contributed by atoms with Crippen LogP contribution in [-0.2, 0) is 5.60 Å². The van der Waals surface area contributed by atoms with Gasteiger partial charge in [0.1, 0.15) is 0 Å². The fourth-order valence-electron chi connectivity index (χ4n) is 1.45. The highest BCUT2D eigenvalue weighted by Gasteiger charge is 2.20. The van der Waals surface area contributed by atoms with Crippen molar-refractivity contribution < 1.29 is 14.3 Å². The maximum absolute atomic E-state index is 11.2. The molecule has 1 aromatic heterocycles. The number of hydrogen-bond donors (Lipinski definition) is 1. The van der Waals surface area contributed by atoms with Crippen LogP contribution in [0.3, 0.4) is 0 Å². The van der Waals surface area contributed by atoms with Crippen molar-refractivity contribution in [2.75, 3.05) is 7.11 Å². The van der Waals surface area contributed by atoms with Crippen LogP contribution < -0.4 is 9.68 Å². The van der Waals surface area contributed by atoms with E-state index in [0.29, 0.717) is 21.6 Å². The lowest BCUT2D eigenvalue weighted by molar-refractivity contribution is 0.0785. The summed E-state index contributed by atoms with van der Waals surface area (Å²) in [6.45, 7) is 3.35. The van der Waals surface area contributed by atoms with Crippen molar-refractivity contribution in [3.63, 3.8) is 0 Å². The molecule has 0 radical (unpaired) electrons. The van der Waals surface area contributed by atoms with Crippen LogP contribution in [0.25, 0.3) is 10.3 Å². The van der Waals surface area contributed by atoms with Crippen LogP contribution in [0, 0.1) is 0 Å². The lowest BCUT2D eigenvalue weighted by atomic mass is 9.98. The van der Waals surface area contributed by atoms with Gasteiger partial charge in [-0.15, -0.1) is 0 Å². The molecule has 0 atom stereocenters. The molecule has 0 aliphatic rings. The molecule has 0 bridgehead atoms. The number of methoxy groups -OCH3 is 1. The Hall–Kier alpha value is -1.33. The molecular weight excluding hydrogens is 228 g/mol. The molecule has 5 heteroatoms. The van der Waals surface area contributed by atoms with E-state index >= 15 is 0 Å². The van der Waals surface area contributed by atoms with Gasteiger partial charge in [0.2, 0.25) is 0 Å². The molecule has 0 saturated carbocycles. The van der Waals surface area contributed by atoms with Crippen LogP contribution in [0.1, 0.15) is 19.4 Å². The Morgan fingerprint density at radius 3 is 2.69 bits per heavy atom. The summed E-state index contributed by atoms with van der Waals surface area (Å²) in [6.07, 6.45) is 0. The van der Waals surface area contributed by atoms with Gasteiger partial charge in [0.15, 0.2) is 11.3 Å². The summed E-state index contributed by atoms with van der Waals surface area (Å²) in [4.78, 5) is 10.8. The highest BCUT2D eigenvalue weighted by atomic mass is 32.1. The molecule has 0 spiro atoms. The minimum Gasteiger partial charge on any atom is -0.493 e. The molecule has 0 fully saturated rings. The van der Waals surface area contributed by atoms with Gasteiger partial charge in [-0.05, 0) is 31.5 Å². The summed E-state index contributed by atoms with van der Waals surface area (Å²) < 4.78 is 10.8. The molecule has 0 amide bonds. The summed E-state index contributed by atoms with van der Waals surface area (Å²) in [7, 11) is 1.50. The minimum absolute atomic E-state index is 0.374. The number of rotatable bonds is 2. The SMILES string of the molecule is COc1cc(C(C)(C)O)cc2sc(=O)oc12. The maximum atomic E-state index is 11.2. The first-order valence-electron chi connectivity index (χ1n) is 4.76. The molecule has 16 heavy (non-hydrogen) atoms. The lowest BCUT2D eigenvalue weighted by Crippen LogP contribution is -2.15. The first-order chi connectivity index (χ1) is 7.41. The zero-order valence-electron chi connectivity index (χ0n) is 9.23. The van der Waals surface area contributed by atoms with Gasteiger partial charge in [0, 0.05) is 0 Å². The van der Waals surface area contributed by atoms with Crippen LogP contribution in [0.15, 0.2) is 21.3 Å². The van der Waals surface area contributed by atoms with Gasteiger partial charge in [0.25, 0.3) is 0 Å². The molecule has 0 aliphatic carbocycles. The second-order valence-electron chi connectivity index (χ2n) is 4.02. The van der Waals surface area contributed by atoms with Crippen LogP contribution in [0.2, 0.25) is 0 Å². The van der Waals surface area contributed by atoms with Crippen LogP contribution >= 0.6 is 11.3 Å². The van der Waals surface area contributed by atoms with E-state index in [1.54, 1.807) is 26.0 Å². The third-order valence-corrected chi connectivity index (χ3v) is 3.10. The smallest absolute Gasteiger partial charge is 0.396 e. The molecule has 1 aromatic carbocycles. The summed E-state index contributed by atoms with van der Waals surface area (Å²) in [5.41, 5.74) is 0.147. The molecule has 0 unspecified atom stereocenters. The number of hydrogen-bond acceptors (Lipinski definition) is 5. The second-order valence-corrected chi connectivity index (χ2v) is 5.00. The monoisotopic (exact) mass is 240 g/mol. The van der Waals surface area contributed by atoms with Gasteiger partial charge in [-0.2, -0.15) is 0 Å². The Bertz CT molecular complexity index is 574. The molecule has 0 saturated heterocycles. The van der Waals surface area contributed by atoms with E-state index in [4.69, 9.17) is 9.15 Å². The number of aliphatic hydroxyl groups is 1. The highest BCUT2D eigenvalue weighted by Crippen LogP contribution is 2.33. The molecule has 86 valence electrons. The van der Waals surface area contributed by atoms with Gasteiger partial charge < -0.3 is 14.3 Å². The Morgan fingerprint density at radius 1 is 1.44 bits per heavy atom. The van der Waals surface area contributed by atoms with E-state index in [-0.39, 0.29) is 4.94 Å². The Morgan fingerprint density at radius 2 is 2.12 bits per heavy atom. The van der Waals surface area contributed by atoms with E-state index in [1.165, 1.54) is 7.11 Å². The Balaban J connectivity index is 2.77. The van der Waals surface area contributed by atoms with Crippen molar-refractivity contribution in [3.8, 4) is 5.75 Å². The van der Waals surface area contributed by atoms with Gasteiger partial charge in [-0.25, -0.2) is 4.79 Å². The van der Waals surface area contributed by atoms with Crippen LogP contribution in [0.4, 0.5) is 0 Å². The predicted octanol–water partition coefficient (Wildman–Crippen LogP) is 2.09. The lowest BCUT2D eigenvalue weighted by Gasteiger charge is -2.18. The van der Waals surface area contributed by atoms with Crippen molar-refractivity contribution in [2.45, 2.75) is 19.4 Å². The fourth-order valence-corrected chi connectivity index (χ4v) is 2.18. The van der Waals surface area contributed by atoms with Gasteiger partial charge >= 0.3 is 4.94 Å². The fraction of sp³-hybridized carbons (Fsp3) is 0.364. The van der Waals surface area contributed by atoms with Crippen LogP contribution in [0.5, 0.6) is 5.75 Å². The molecule has 0 aliphatic heterocycles. The van der Waals surface area contributed by atoms with Gasteiger partial charge in [-0.3, -0.25) is 0 Å². The van der Waals surface area contributed by atoms with Crippen LogP contribution in [-0.4, -0.2) is 12.2 Å². The highest BCUT2D eigenvalue weighted by molar-refractivity contribution is 7.16. The van der Waals surface area contributed by atoms with E-state index in [9.17, 15) is 9.90 Å². The molecule has 1 N–H and O–H groups in total. The number of benzene rings is 1. The summed E-state index contributed by atoms with van der Waals surface area (Å²) in [5, 5.41) is 9.92. The normalized spacial score (nSPS) is 12.0. The average molecular weight is 240 g/mol. The predicted molar refractivity (Wildman–Crippen MR) is 62.2 cm³/mol. The molecule has 2 aromatic rings. The number of fused-ring (bicyclic) bond motifs is 1. The largest absolute Gasteiger partial charge is 0.493 e. The van der Waals surface area contributed by atoms with Crippen molar-refractivity contribution >= 4 is 21.6 Å². The van der Waals surface area contributed by atoms with E-state index in [0.717, 1.165) is 11.3 Å². The molecular formula is C11H12O4S. The first kappa shape index (κ1) is 11.2. The first-order valence-corrected chi connectivity index (χ1v) is 5.58. The third kappa shape index (κ3) is 1.83. The summed E-state index contributed by atoms with van der Waals surface area (Å²) >= 11 is 0.999. The van der Waals surface area contributed by atoms with E-state index in [2.05, 4.69) is 0 Å². The second kappa shape index (κ2) is 3.61. The zero-order valence-corrected chi connectivity index (χ0v) is 10.1. The van der Waals surface area contributed by atoms with E-state index < -0.39 is 5.60 Å². The van der Waals surface area contributed by atoms with Gasteiger partial charge in [-0.1, -0.05) is 11.3 Å². The zero-order chi connectivity index (χ0) is 11.9. The molecule has 4 nitrogen and oxygen atoms in total. The summed E-state index contributed by atoms with van der Waals surface area (Å²) in [5.74, 6) is 0.466. The summed E-state index contributed by atoms with van der Waals surface area (Å²) in [6, 6.07) is 3.42. The van der Waals surface area contributed by atoms with Crippen molar-refractivity contribution in [1.82, 2.24) is 0 Å². The Kier molecular flexibility index (Phi) is 2.52. The van der Waals surface area contributed by atoms with Gasteiger partial charge in [0.05, 0.1) is 17.4 Å². The average Bonchev–Trinajstić information content (AvgIpc) is 2.54. The quantitative estimate of drug-likeness (QED) is 0.873. The van der Waals surface area contributed by atoms with Crippen molar-refractivity contribution in [1.29, 1.82) is 0 Å². The topological polar surface area (TPSA) is 59.7 Å².